The zero-order chi connectivity index (χ0) is 30.9. The van der Waals surface area contributed by atoms with Crippen LogP contribution in [0.1, 0.15) is 35.3 Å². The zero-order valence-electron chi connectivity index (χ0n) is 23.5. The summed E-state index contributed by atoms with van der Waals surface area (Å²) in [6, 6.07) is 12.3. The number of aromatic nitrogens is 4. The Labute approximate surface area is 249 Å². The average molecular weight is 610 g/mol. The number of rotatable bonds is 6. The van der Waals surface area contributed by atoms with Crippen LogP contribution < -0.4 is 10.2 Å². The number of benzene rings is 2. The van der Waals surface area contributed by atoms with Crippen molar-refractivity contribution in [2.24, 2.45) is 4.99 Å². The van der Waals surface area contributed by atoms with Crippen LogP contribution in [-0.2, 0) is 15.7 Å². The Morgan fingerprint density at radius 2 is 1.91 bits per heavy atom. The van der Waals surface area contributed by atoms with Crippen LogP contribution in [0, 0.1) is 13.8 Å². The monoisotopic (exact) mass is 609 g/mol. The molecule has 0 spiro atoms. The summed E-state index contributed by atoms with van der Waals surface area (Å²) < 4.78 is 45.3. The highest BCUT2D eigenvalue weighted by molar-refractivity contribution is 8.15. The predicted molar refractivity (Wildman–Crippen MR) is 157 cm³/mol. The predicted octanol–water partition coefficient (Wildman–Crippen LogP) is 6.34. The van der Waals surface area contributed by atoms with Gasteiger partial charge in [0.1, 0.15) is 6.33 Å². The van der Waals surface area contributed by atoms with Gasteiger partial charge in [-0.3, -0.25) is 9.69 Å². The van der Waals surface area contributed by atoms with E-state index in [1.165, 1.54) is 33.7 Å². The van der Waals surface area contributed by atoms with Crippen LogP contribution in [0.2, 0.25) is 0 Å². The zero-order valence-corrected chi connectivity index (χ0v) is 24.3. The van der Waals surface area contributed by atoms with Gasteiger partial charge in [-0.15, -0.1) is 5.10 Å². The summed E-state index contributed by atoms with van der Waals surface area (Å²) >= 11 is 1.18. The highest BCUT2D eigenvalue weighted by Crippen LogP contribution is 2.35. The molecule has 10 nitrogen and oxygen atoms in total. The molecular weight excluding hydrogens is 583 g/mol. The fourth-order valence-electron chi connectivity index (χ4n) is 4.37. The van der Waals surface area contributed by atoms with Gasteiger partial charge in [-0.2, -0.15) is 18.2 Å². The maximum Gasteiger partial charge on any atom is 0.417 e. The first-order valence-corrected chi connectivity index (χ1v) is 14.0. The second-order valence-electron chi connectivity index (χ2n) is 9.73. The van der Waals surface area contributed by atoms with E-state index in [1.54, 1.807) is 32.2 Å². The molecule has 0 aliphatic carbocycles. The van der Waals surface area contributed by atoms with Gasteiger partial charge in [0, 0.05) is 30.1 Å². The number of hydrogen-bond donors (Lipinski definition) is 1. The highest BCUT2D eigenvalue weighted by Gasteiger charge is 2.33. The molecule has 3 heterocycles. The van der Waals surface area contributed by atoms with Crippen molar-refractivity contribution in [2.45, 2.75) is 33.1 Å². The SMILES string of the molecule is COC(C)c1ccc(C)cc1N1C(=O)CSC1=NC(=O)Nc1ccc(-c2ncn(-c3ccc(C(F)(F)F)cn3)n2)cc1C. The minimum absolute atomic E-state index is 0.149. The normalized spacial score (nSPS) is 15.3. The molecule has 4 aromatic rings. The van der Waals surface area contributed by atoms with E-state index in [0.717, 1.165) is 23.4 Å². The minimum atomic E-state index is -4.49. The third kappa shape index (κ3) is 6.44. The number of amidine groups is 1. The van der Waals surface area contributed by atoms with Crippen molar-refractivity contribution >= 4 is 40.2 Å². The summed E-state index contributed by atoms with van der Waals surface area (Å²) in [5, 5.41) is 7.35. The largest absolute Gasteiger partial charge is 0.417 e. The first-order valence-electron chi connectivity index (χ1n) is 13.0. The van der Waals surface area contributed by atoms with Crippen molar-refractivity contribution in [1.82, 2.24) is 19.7 Å². The summed E-state index contributed by atoms with van der Waals surface area (Å²) in [5.41, 5.74) is 3.31. The molecular formula is C29H26F3N7O3S. The van der Waals surface area contributed by atoms with E-state index in [2.05, 4.69) is 25.4 Å². The Balaban J connectivity index is 1.33. The molecule has 3 amide bonds. The molecule has 5 rings (SSSR count). The Bertz CT molecular complexity index is 1720. The Morgan fingerprint density at radius 1 is 1.12 bits per heavy atom. The number of amides is 3. The molecule has 2 aromatic carbocycles. The van der Waals surface area contributed by atoms with Crippen molar-refractivity contribution in [3.05, 3.63) is 83.3 Å². The number of hydrogen-bond acceptors (Lipinski definition) is 7. The van der Waals surface area contributed by atoms with Crippen LogP contribution in [0.5, 0.6) is 0 Å². The Morgan fingerprint density at radius 3 is 2.58 bits per heavy atom. The Kier molecular flexibility index (Phi) is 8.33. The summed E-state index contributed by atoms with van der Waals surface area (Å²) in [7, 11) is 1.59. The first-order chi connectivity index (χ1) is 20.4. The van der Waals surface area contributed by atoms with E-state index in [-0.39, 0.29) is 28.7 Å². The lowest BCUT2D eigenvalue weighted by atomic mass is 10.0. The molecule has 1 atom stereocenters. The van der Waals surface area contributed by atoms with Gasteiger partial charge in [0.2, 0.25) is 5.91 Å². The maximum absolute atomic E-state index is 13.0. The van der Waals surface area contributed by atoms with E-state index in [9.17, 15) is 22.8 Å². The van der Waals surface area contributed by atoms with Crippen molar-refractivity contribution in [3.63, 3.8) is 0 Å². The van der Waals surface area contributed by atoms with Gasteiger partial charge in [-0.05, 0) is 68.3 Å². The van der Waals surface area contributed by atoms with Gasteiger partial charge >= 0.3 is 12.2 Å². The molecule has 1 fully saturated rings. The van der Waals surface area contributed by atoms with Gasteiger partial charge in [-0.1, -0.05) is 23.9 Å². The number of aliphatic imine (C=N–C) groups is 1. The van der Waals surface area contributed by atoms with E-state index in [1.807, 2.05) is 32.0 Å². The number of methoxy groups -OCH3 is 1. The first kappa shape index (κ1) is 29.9. The van der Waals surface area contributed by atoms with E-state index >= 15 is 0 Å². The van der Waals surface area contributed by atoms with Crippen molar-refractivity contribution in [3.8, 4) is 17.2 Å². The number of thioether (sulfide) groups is 1. The second-order valence-corrected chi connectivity index (χ2v) is 10.7. The van der Waals surface area contributed by atoms with Gasteiger partial charge in [0.25, 0.3) is 0 Å². The number of nitrogens with one attached hydrogen (secondary N) is 1. The average Bonchev–Trinajstić information content (AvgIpc) is 3.60. The molecule has 222 valence electrons. The van der Waals surface area contributed by atoms with Crippen LogP contribution in [0.4, 0.5) is 29.3 Å². The van der Waals surface area contributed by atoms with Crippen LogP contribution >= 0.6 is 11.8 Å². The van der Waals surface area contributed by atoms with E-state index < -0.39 is 17.8 Å². The van der Waals surface area contributed by atoms with Crippen LogP contribution in [-0.4, -0.2) is 49.7 Å². The molecule has 14 heteroatoms. The standard InChI is InChI=1S/C29H26F3N7O3S/c1-16-5-8-21(18(3)42-4)23(11-16)39-25(40)14-43-28(39)36-27(41)35-22-9-6-19(12-17(22)2)26-34-15-38(37-26)24-10-7-20(13-33-24)29(30,31)32/h5-13,15,18H,14H2,1-4H3,(H,35,41). The summed E-state index contributed by atoms with van der Waals surface area (Å²) in [6.07, 6.45) is -2.68. The molecule has 1 saturated heterocycles. The quantitative estimate of drug-likeness (QED) is 0.271. The fraction of sp³-hybridized carbons (Fsp3) is 0.241. The van der Waals surface area contributed by atoms with E-state index in [4.69, 9.17) is 4.74 Å². The fourth-order valence-corrected chi connectivity index (χ4v) is 5.23. The molecule has 0 radical (unpaired) electrons. The second kappa shape index (κ2) is 12.0. The lowest BCUT2D eigenvalue weighted by Gasteiger charge is -2.23. The number of carbonyl (C=O) groups excluding carboxylic acids is 2. The Hall–Kier alpha value is -4.56. The van der Waals surface area contributed by atoms with Gasteiger partial charge in [-0.25, -0.2) is 19.4 Å². The number of pyridine rings is 1. The number of aryl methyl sites for hydroxylation is 2. The molecule has 1 N–H and O–H groups in total. The minimum Gasteiger partial charge on any atom is -0.377 e. The van der Waals surface area contributed by atoms with Crippen LogP contribution in [0.3, 0.4) is 0 Å². The summed E-state index contributed by atoms with van der Waals surface area (Å²) in [5.74, 6) is 0.457. The number of halogens is 3. The maximum atomic E-state index is 13.0. The molecule has 1 aliphatic rings. The molecule has 1 unspecified atom stereocenters. The lowest BCUT2D eigenvalue weighted by Crippen LogP contribution is -2.31. The third-order valence-corrected chi connectivity index (χ3v) is 7.63. The summed E-state index contributed by atoms with van der Waals surface area (Å²) in [6.45, 7) is 5.58. The van der Waals surface area contributed by atoms with E-state index in [0.29, 0.717) is 28.3 Å². The van der Waals surface area contributed by atoms with Crippen LogP contribution in [0.15, 0.2) is 66.0 Å². The van der Waals surface area contributed by atoms with Gasteiger partial charge in [0.15, 0.2) is 16.8 Å². The van der Waals surface area contributed by atoms with Crippen molar-refractivity contribution < 1.29 is 27.5 Å². The number of urea groups is 1. The number of anilines is 2. The van der Waals surface area contributed by atoms with Crippen molar-refractivity contribution in [2.75, 3.05) is 23.1 Å². The third-order valence-electron chi connectivity index (χ3n) is 6.71. The topological polar surface area (TPSA) is 115 Å². The number of carbonyl (C=O) groups is 2. The highest BCUT2D eigenvalue weighted by atomic mass is 32.2. The summed E-state index contributed by atoms with van der Waals surface area (Å²) in [4.78, 5) is 39.6. The van der Waals surface area contributed by atoms with Gasteiger partial charge in [0.05, 0.1) is 23.1 Å². The lowest BCUT2D eigenvalue weighted by molar-refractivity contribution is -0.137. The molecule has 0 saturated carbocycles. The molecule has 0 bridgehead atoms. The molecule has 2 aromatic heterocycles. The van der Waals surface area contributed by atoms with Crippen molar-refractivity contribution in [1.29, 1.82) is 0 Å². The smallest absolute Gasteiger partial charge is 0.377 e. The number of ether oxygens (including phenoxy) is 1. The van der Waals surface area contributed by atoms with Crippen LogP contribution in [0.25, 0.3) is 17.2 Å². The molecule has 43 heavy (non-hydrogen) atoms. The number of nitrogens with zero attached hydrogens (tertiary/aromatic N) is 6. The molecule has 1 aliphatic heterocycles. The number of alkyl halides is 3. The van der Waals surface area contributed by atoms with Gasteiger partial charge < -0.3 is 10.1 Å².